The Balaban J connectivity index is 2.24. The van der Waals surface area contributed by atoms with Crippen LogP contribution in [-0.4, -0.2) is 0 Å². The molecule has 0 heteroatoms. The lowest BCUT2D eigenvalue weighted by molar-refractivity contribution is 1.77. The molecule has 0 aliphatic rings. The highest BCUT2D eigenvalue weighted by Gasteiger charge is 2.10. The van der Waals surface area contributed by atoms with Gasteiger partial charge in [0.25, 0.3) is 0 Å². The monoisotopic (exact) mass is 277 g/mol. The second-order valence-corrected chi connectivity index (χ2v) is 5.71. The zero-order valence-corrected chi connectivity index (χ0v) is 12.0. The molecule has 0 fully saturated rings. The van der Waals surface area contributed by atoms with Gasteiger partial charge in [0.1, 0.15) is 0 Å². The standard InChI is InChI=1S/C22H13/c1-2-8-16-15(7-1)13-14-21-19-11-4-3-9-17(19)18-10-5-6-12-20(18)22(16)21/h1-10,12-14H. The molecule has 0 N–H and O–H groups in total. The van der Waals surface area contributed by atoms with E-state index in [1.165, 1.54) is 43.1 Å². The van der Waals surface area contributed by atoms with Gasteiger partial charge in [0.2, 0.25) is 0 Å². The number of fused-ring (bicyclic) bond motifs is 8. The SMILES string of the molecule is [c]1cccc2c1c1ccc3ccccc3c1c1ccccc21. The highest BCUT2D eigenvalue weighted by atomic mass is 14.1. The van der Waals surface area contributed by atoms with Crippen molar-refractivity contribution in [1.82, 2.24) is 0 Å². The highest BCUT2D eigenvalue weighted by molar-refractivity contribution is 6.31. The molecule has 0 atom stereocenters. The first-order valence-corrected chi connectivity index (χ1v) is 7.56. The quantitative estimate of drug-likeness (QED) is 0.300. The number of hydrogen-bond acceptors (Lipinski definition) is 0. The largest absolute Gasteiger partial charge is 0.0616 e. The first kappa shape index (κ1) is 11.8. The minimum Gasteiger partial charge on any atom is -0.0616 e. The van der Waals surface area contributed by atoms with Gasteiger partial charge in [0, 0.05) is 0 Å². The predicted octanol–water partition coefficient (Wildman–Crippen LogP) is 6.10. The Kier molecular flexibility index (Phi) is 2.31. The molecule has 0 aliphatic heterocycles. The third-order valence-electron chi connectivity index (χ3n) is 4.54. The molecule has 5 aromatic carbocycles. The van der Waals surface area contributed by atoms with Gasteiger partial charge in [-0.3, -0.25) is 0 Å². The normalized spacial score (nSPS) is 11.6. The molecule has 0 aromatic heterocycles. The molecule has 0 amide bonds. The van der Waals surface area contributed by atoms with Gasteiger partial charge in [-0.25, -0.2) is 0 Å². The van der Waals surface area contributed by atoms with E-state index in [1.807, 2.05) is 6.07 Å². The summed E-state index contributed by atoms with van der Waals surface area (Å²) in [6, 6.07) is 31.5. The molecule has 0 saturated heterocycles. The lowest BCUT2D eigenvalue weighted by Gasteiger charge is -2.12. The molecule has 0 aliphatic carbocycles. The summed E-state index contributed by atoms with van der Waals surface area (Å²) in [7, 11) is 0. The fraction of sp³-hybridized carbons (Fsp3) is 0. The highest BCUT2D eigenvalue weighted by Crippen LogP contribution is 2.38. The fourth-order valence-corrected chi connectivity index (χ4v) is 3.59. The third-order valence-corrected chi connectivity index (χ3v) is 4.54. The summed E-state index contributed by atoms with van der Waals surface area (Å²) in [5.41, 5.74) is 0. The van der Waals surface area contributed by atoms with Crippen LogP contribution in [0.2, 0.25) is 0 Å². The summed E-state index contributed by atoms with van der Waals surface area (Å²) in [5.74, 6) is 0. The summed E-state index contributed by atoms with van der Waals surface area (Å²) in [6.07, 6.45) is 0. The van der Waals surface area contributed by atoms with E-state index in [-0.39, 0.29) is 0 Å². The Labute approximate surface area is 128 Å². The zero-order chi connectivity index (χ0) is 14.5. The van der Waals surface area contributed by atoms with Crippen LogP contribution in [0.25, 0.3) is 43.1 Å². The van der Waals surface area contributed by atoms with Crippen LogP contribution in [0.3, 0.4) is 0 Å². The van der Waals surface area contributed by atoms with Gasteiger partial charge in [0.05, 0.1) is 0 Å². The first-order chi connectivity index (χ1) is 10.9. The summed E-state index contributed by atoms with van der Waals surface area (Å²) in [6.45, 7) is 0. The summed E-state index contributed by atoms with van der Waals surface area (Å²) >= 11 is 0. The van der Waals surface area contributed by atoms with Crippen molar-refractivity contribution in [3.8, 4) is 0 Å². The number of rotatable bonds is 0. The van der Waals surface area contributed by atoms with Crippen molar-refractivity contribution in [1.29, 1.82) is 0 Å². The van der Waals surface area contributed by atoms with Crippen LogP contribution in [-0.2, 0) is 0 Å². The predicted molar refractivity (Wildman–Crippen MR) is 95.3 cm³/mol. The molecule has 0 spiro atoms. The minimum atomic E-state index is 1.21. The lowest BCUT2D eigenvalue weighted by atomic mass is 9.91. The Hall–Kier alpha value is -2.86. The van der Waals surface area contributed by atoms with Gasteiger partial charge in [-0.05, 0) is 49.2 Å². The Morgan fingerprint density at radius 3 is 2.14 bits per heavy atom. The molecule has 5 aromatic rings. The zero-order valence-electron chi connectivity index (χ0n) is 12.0. The van der Waals surface area contributed by atoms with Gasteiger partial charge < -0.3 is 0 Å². The van der Waals surface area contributed by atoms with Crippen molar-refractivity contribution >= 4 is 43.1 Å². The Morgan fingerprint density at radius 1 is 0.500 bits per heavy atom. The van der Waals surface area contributed by atoms with Crippen molar-refractivity contribution in [3.05, 3.63) is 84.9 Å². The first-order valence-electron chi connectivity index (χ1n) is 7.56. The summed E-state index contributed by atoms with van der Waals surface area (Å²) in [4.78, 5) is 0. The second-order valence-electron chi connectivity index (χ2n) is 5.71. The van der Waals surface area contributed by atoms with Crippen molar-refractivity contribution < 1.29 is 0 Å². The van der Waals surface area contributed by atoms with Crippen LogP contribution in [0.1, 0.15) is 0 Å². The molecule has 101 valence electrons. The fourth-order valence-electron chi connectivity index (χ4n) is 3.59. The molecule has 0 heterocycles. The topological polar surface area (TPSA) is 0 Å². The van der Waals surface area contributed by atoms with Crippen molar-refractivity contribution in [2.75, 3.05) is 0 Å². The van der Waals surface area contributed by atoms with Crippen molar-refractivity contribution in [2.24, 2.45) is 0 Å². The molecular weight excluding hydrogens is 264 g/mol. The molecule has 0 bridgehead atoms. The van der Waals surface area contributed by atoms with Crippen LogP contribution in [0.15, 0.2) is 78.9 Å². The van der Waals surface area contributed by atoms with E-state index in [0.29, 0.717) is 0 Å². The van der Waals surface area contributed by atoms with Crippen LogP contribution in [0.5, 0.6) is 0 Å². The van der Waals surface area contributed by atoms with E-state index in [1.54, 1.807) is 0 Å². The van der Waals surface area contributed by atoms with E-state index in [2.05, 4.69) is 78.9 Å². The smallest absolute Gasteiger partial charge is 0.00199 e. The van der Waals surface area contributed by atoms with E-state index < -0.39 is 0 Å². The maximum atomic E-state index is 3.45. The molecule has 5 rings (SSSR count). The molecule has 22 heavy (non-hydrogen) atoms. The third kappa shape index (κ3) is 1.47. The van der Waals surface area contributed by atoms with Crippen LogP contribution in [0, 0.1) is 6.07 Å². The number of hydrogen-bond donors (Lipinski definition) is 0. The average molecular weight is 277 g/mol. The second kappa shape index (κ2) is 4.32. The molecule has 0 nitrogen and oxygen atoms in total. The van der Waals surface area contributed by atoms with E-state index >= 15 is 0 Å². The van der Waals surface area contributed by atoms with E-state index in [9.17, 15) is 0 Å². The lowest BCUT2D eigenvalue weighted by Crippen LogP contribution is -1.84. The number of benzene rings is 5. The van der Waals surface area contributed by atoms with Gasteiger partial charge in [0.15, 0.2) is 0 Å². The van der Waals surface area contributed by atoms with Gasteiger partial charge in [-0.15, -0.1) is 0 Å². The molecule has 0 saturated carbocycles. The van der Waals surface area contributed by atoms with Crippen LogP contribution in [0.4, 0.5) is 0 Å². The summed E-state index contributed by atoms with van der Waals surface area (Å²) in [5, 5.41) is 10.3. The van der Waals surface area contributed by atoms with E-state index in [0.717, 1.165) is 0 Å². The van der Waals surface area contributed by atoms with Gasteiger partial charge in [-0.1, -0.05) is 78.9 Å². The van der Waals surface area contributed by atoms with Gasteiger partial charge >= 0.3 is 0 Å². The Bertz CT molecular complexity index is 1120. The van der Waals surface area contributed by atoms with Crippen LogP contribution >= 0.6 is 0 Å². The van der Waals surface area contributed by atoms with Crippen molar-refractivity contribution in [2.45, 2.75) is 0 Å². The van der Waals surface area contributed by atoms with E-state index in [4.69, 9.17) is 0 Å². The molecule has 1 radical (unpaired) electrons. The average Bonchev–Trinajstić information content (AvgIpc) is 2.61. The minimum absolute atomic E-state index is 1.21. The van der Waals surface area contributed by atoms with Crippen LogP contribution < -0.4 is 0 Å². The molecule has 0 unspecified atom stereocenters. The Morgan fingerprint density at radius 2 is 1.23 bits per heavy atom. The van der Waals surface area contributed by atoms with Gasteiger partial charge in [-0.2, -0.15) is 0 Å². The van der Waals surface area contributed by atoms with Crippen molar-refractivity contribution in [3.63, 3.8) is 0 Å². The summed E-state index contributed by atoms with van der Waals surface area (Å²) < 4.78 is 0. The maximum Gasteiger partial charge on any atom is -0.00199 e. The molecular formula is C22H13. The maximum absolute atomic E-state index is 3.45.